The van der Waals surface area contributed by atoms with E-state index in [2.05, 4.69) is 0 Å². The van der Waals surface area contributed by atoms with Crippen LogP contribution in [0.5, 0.6) is 5.75 Å². The van der Waals surface area contributed by atoms with Crippen LogP contribution in [0.25, 0.3) is 0 Å². The Balaban J connectivity index is 2.49. The van der Waals surface area contributed by atoms with Crippen molar-refractivity contribution >= 4 is 6.16 Å². The van der Waals surface area contributed by atoms with Crippen molar-refractivity contribution in [3.63, 3.8) is 0 Å². The number of methoxy groups -OCH3 is 1. The molecule has 0 saturated heterocycles. The summed E-state index contributed by atoms with van der Waals surface area (Å²) in [5, 5.41) is 0. The van der Waals surface area contributed by atoms with E-state index in [9.17, 15) is 4.79 Å². The number of aryl methyl sites for hydroxylation is 2. The molecule has 0 amide bonds. The quantitative estimate of drug-likeness (QED) is 0.447. The van der Waals surface area contributed by atoms with Gasteiger partial charge in [-0.1, -0.05) is 6.07 Å². The fourth-order valence-electron chi connectivity index (χ4n) is 1.33. The van der Waals surface area contributed by atoms with Crippen LogP contribution in [-0.4, -0.2) is 26.5 Å². The first-order valence-electron chi connectivity index (χ1n) is 5.03. The minimum atomic E-state index is -0.706. The molecule has 0 unspecified atom stereocenters. The van der Waals surface area contributed by atoms with Crippen molar-refractivity contribution in [3.05, 3.63) is 29.3 Å². The molecule has 1 aromatic carbocycles. The largest absolute Gasteiger partial charge is 0.513 e. The molecule has 0 atom stereocenters. The molecule has 0 fully saturated rings. The molecular formula is C12H16O4. The van der Waals surface area contributed by atoms with E-state index >= 15 is 0 Å². The zero-order valence-electron chi connectivity index (χ0n) is 9.78. The van der Waals surface area contributed by atoms with Crippen LogP contribution in [0.4, 0.5) is 4.79 Å². The zero-order chi connectivity index (χ0) is 12.0. The van der Waals surface area contributed by atoms with Crippen LogP contribution in [0, 0.1) is 13.8 Å². The maximum Gasteiger partial charge on any atom is 0.513 e. The van der Waals surface area contributed by atoms with E-state index < -0.39 is 6.16 Å². The van der Waals surface area contributed by atoms with Crippen LogP contribution >= 0.6 is 0 Å². The third-order valence-electron chi connectivity index (χ3n) is 1.90. The fraction of sp³-hybridized carbons (Fsp3) is 0.417. The number of hydrogen-bond acceptors (Lipinski definition) is 4. The van der Waals surface area contributed by atoms with Gasteiger partial charge in [-0.15, -0.1) is 0 Å². The average Bonchev–Trinajstić information content (AvgIpc) is 2.16. The molecule has 0 heterocycles. The summed E-state index contributed by atoms with van der Waals surface area (Å²) >= 11 is 0. The van der Waals surface area contributed by atoms with E-state index in [0.29, 0.717) is 12.4 Å². The van der Waals surface area contributed by atoms with Gasteiger partial charge in [-0.25, -0.2) is 4.79 Å². The maximum atomic E-state index is 11.2. The Morgan fingerprint density at radius 3 is 2.31 bits per heavy atom. The van der Waals surface area contributed by atoms with E-state index in [1.165, 1.54) is 0 Å². The van der Waals surface area contributed by atoms with Gasteiger partial charge in [0.1, 0.15) is 12.4 Å². The molecule has 16 heavy (non-hydrogen) atoms. The number of ether oxygens (including phenoxy) is 3. The molecule has 1 aromatic rings. The standard InChI is InChI=1S/C12H16O4/c1-9-6-10(2)8-11(7-9)16-12(13)15-5-4-14-3/h6-8H,4-5H2,1-3H3. The second-order valence-electron chi connectivity index (χ2n) is 3.52. The highest BCUT2D eigenvalue weighted by molar-refractivity contribution is 5.64. The molecule has 0 aromatic heterocycles. The molecule has 0 spiro atoms. The van der Waals surface area contributed by atoms with Gasteiger partial charge in [0.25, 0.3) is 0 Å². The van der Waals surface area contributed by atoms with E-state index in [0.717, 1.165) is 11.1 Å². The van der Waals surface area contributed by atoms with Crippen molar-refractivity contribution in [1.82, 2.24) is 0 Å². The zero-order valence-corrected chi connectivity index (χ0v) is 9.78. The molecule has 0 radical (unpaired) electrons. The number of carbonyl (C=O) groups is 1. The summed E-state index contributed by atoms with van der Waals surface area (Å²) in [6.07, 6.45) is -0.706. The van der Waals surface area contributed by atoms with Crippen LogP contribution < -0.4 is 4.74 Å². The van der Waals surface area contributed by atoms with E-state index in [-0.39, 0.29) is 6.61 Å². The van der Waals surface area contributed by atoms with Gasteiger partial charge in [0, 0.05) is 7.11 Å². The van der Waals surface area contributed by atoms with Crippen LogP contribution in [0.1, 0.15) is 11.1 Å². The van der Waals surface area contributed by atoms with Gasteiger partial charge in [-0.3, -0.25) is 0 Å². The maximum absolute atomic E-state index is 11.2. The van der Waals surface area contributed by atoms with E-state index in [1.54, 1.807) is 19.2 Å². The Morgan fingerprint density at radius 1 is 1.12 bits per heavy atom. The third-order valence-corrected chi connectivity index (χ3v) is 1.90. The van der Waals surface area contributed by atoms with Gasteiger partial charge >= 0.3 is 6.16 Å². The second-order valence-corrected chi connectivity index (χ2v) is 3.52. The monoisotopic (exact) mass is 224 g/mol. The van der Waals surface area contributed by atoms with Crippen LogP contribution in [-0.2, 0) is 9.47 Å². The minimum absolute atomic E-state index is 0.195. The lowest BCUT2D eigenvalue weighted by Gasteiger charge is -2.06. The van der Waals surface area contributed by atoms with Crippen molar-refractivity contribution in [2.24, 2.45) is 0 Å². The van der Waals surface area contributed by atoms with Crippen molar-refractivity contribution in [2.75, 3.05) is 20.3 Å². The highest BCUT2D eigenvalue weighted by Crippen LogP contribution is 2.16. The second kappa shape index (κ2) is 6.12. The van der Waals surface area contributed by atoms with Crippen molar-refractivity contribution in [3.8, 4) is 5.75 Å². The van der Waals surface area contributed by atoms with E-state index in [4.69, 9.17) is 14.2 Å². The topological polar surface area (TPSA) is 44.8 Å². The summed E-state index contributed by atoms with van der Waals surface area (Å²) < 4.78 is 14.5. The highest BCUT2D eigenvalue weighted by atomic mass is 16.7. The summed E-state index contributed by atoms with van der Waals surface area (Å²) in [4.78, 5) is 11.2. The predicted molar refractivity (Wildman–Crippen MR) is 59.8 cm³/mol. The SMILES string of the molecule is COCCOC(=O)Oc1cc(C)cc(C)c1. The Bertz CT molecular complexity index is 340. The Labute approximate surface area is 95.1 Å². The highest BCUT2D eigenvalue weighted by Gasteiger charge is 2.06. The molecule has 0 bridgehead atoms. The minimum Gasteiger partial charge on any atom is -0.432 e. The summed E-state index contributed by atoms with van der Waals surface area (Å²) in [5.41, 5.74) is 2.08. The Morgan fingerprint density at radius 2 is 1.75 bits per heavy atom. The predicted octanol–water partition coefficient (Wildman–Crippen LogP) is 2.47. The molecule has 0 aliphatic rings. The van der Waals surface area contributed by atoms with E-state index in [1.807, 2.05) is 19.9 Å². The van der Waals surface area contributed by atoms with Gasteiger partial charge in [0.05, 0.1) is 6.61 Å². The van der Waals surface area contributed by atoms with Gasteiger partial charge < -0.3 is 14.2 Å². The fourth-order valence-corrected chi connectivity index (χ4v) is 1.33. The van der Waals surface area contributed by atoms with Gasteiger partial charge in [0.2, 0.25) is 0 Å². The molecular weight excluding hydrogens is 208 g/mol. The number of benzene rings is 1. The average molecular weight is 224 g/mol. The molecule has 4 heteroatoms. The molecule has 4 nitrogen and oxygen atoms in total. The van der Waals surface area contributed by atoms with Crippen LogP contribution in [0.15, 0.2) is 18.2 Å². The normalized spacial score (nSPS) is 9.94. The summed E-state index contributed by atoms with van der Waals surface area (Å²) in [6.45, 7) is 4.44. The van der Waals surface area contributed by atoms with Crippen molar-refractivity contribution < 1.29 is 19.0 Å². The molecule has 0 aliphatic heterocycles. The van der Waals surface area contributed by atoms with Gasteiger partial charge in [-0.05, 0) is 37.1 Å². The molecule has 0 N–H and O–H groups in total. The Hall–Kier alpha value is -1.55. The molecule has 0 saturated carbocycles. The molecule has 88 valence electrons. The van der Waals surface area contributed by atoms with Crippen molar-refractivity contribution in [1.29, 1.82) is 0 Å². The number of hydrogen-bond donors (Lipinski definition) is 0. The first-order valence-corrected chi connectivity index (χ1v) is 5.03. The molecule has 1 rings (SSSR count). The van der Waals surface area contributed by atoms with Crippen molar-refractivity contribution in [2.45, 2.75) is 13.8 Å². The molecule has 0 aliphatic carbocycles. The summed E-state index contributed by atoms with van der Waals surface area (Å²) in [6, 6.07) is 5.57. The number of carbonyl (C=O) groups excluding carboxylic acids is 1. The lowest BCUT2D eigenvalue weighted by molar-refractivity contribution is 0.0685. The summed E-state index contributed by atoms with van der Waals surface area (Å²) in [7, 11) is 1.54. The third kappa shape index (κ3) is 4.31. The first kappa shape index (κ1) is 12.5. The van der Waals surface area contributed by atoms with Crippen LogP contribution in [0.3, 0.4) is 0 Å². The smallest absolute Gasteiger partial charge is 0.432 e. The Kier molecular flexibility index (Phi) is 4.79. The van der Waals surface area contributed by atoms with Gasteiger partial charge in [-0.2, -0.15) is 0 Å². The number of rotatable bonds is 4. The van der Waals surface area contributed by atoms with Crippen LogP contribution in [0.2, 0.25) is 0 Å². The first-order chi connectivity index (χ1) is 7.61. The van der Waals surface area contributed by atoms with Gasteiger partial charge in [0.15, 0.2) is 0 Å². The lowest BCUT2D eigenvalue weighted by Crippen LogP contribution is -2.14. The lowest BCUT2D eigenvalue weighted by atomic mass is 10.1. The summed E-state index contributed by atoms with van der Waals surface area (Å²) in [5.74, 6) is 0.500.